The normalized spacial score (nSPS) is 10.1. The molecule has 0 aromatic heterocycles. The number of benzene rings is 1. The number of halogens is 4. The number of anilines is 1. The first-order valence-electron chi connectivity index (χ1n) is 5.96. The van der Waals surface area contributed by atoms with Gasteiger partial charge in [0.25, 0.3) is 0 Å². The third-order valence-corrected chi connectivity index (χ3v) is 3.47. The molecule has 1 rings (SSSR count). The summed E-state index contributed by atoms with van der Waals surface area (Å²) in [5, 5.41) is 3.57. The van der Waals surface area contributed by atoms with Gasteiger partial charge < -0.3 is 10.2 Å². The maximum Gasteiger partial charge on any atom is 0.322 e. The summed E-state index contributed by atoms with van der Waals surface area (Å²) < 4.78 is 0.133. The predicted molar refractivity (Wildman–Crippen MR) is 87.1 cm³/mol. The number of urea groups is 1. The molecule has 0 spiro atoms. The van der Waals surface area contributed by atoms with Crippen LogP contribution < -0.4 is 5.32 Å². The average molecular weight is 356 g/mol. The molecule has 1 aromatic rings. The van der Waals surface area contributed by atoms with Crippen LogP contribution in [0.1, 0.15) is 13.3 Å². The molecule has 1 aromatic carbocycles. The molecule has 1 N–H and O–H groups in total. The predicted octanol–water partition coefficient (Wildman–Crippen LogP) is 5.56. The van der Waals surface area contributed by atoms with E-state index in [-0.39, 0.29) is 10.5 Å². The van der Waals surface area contributed by atoms with Crippen LogP contribution in [0.2, 0.25) is 10.0 Å². The lowest BCUT2D eigenvalue weighted by molar-refractivity contribution is 0.217. The standard InChI is InChI=1S/C13H14Cl4N2O/c1-2-6-19(7-5-12(16)17)13(20)18-9-3-4-10(14)11(15)8-9/h3-5,8H,2,6-7H2,1H3,(H,18,20). The van der Waals surface area contributed by atoms with Crippen LogP contribution >= 0.6 is 46.4 Å². The molecular weight excluding hydrogens is 342 g/mol. The molecule has 3 nitrogen and oxygen atoms in total. The highest BCUT2D eigenvalue weighted by molar-refractivity contribution is 6.55. The van der Waals surface area contributed by atoms with Gasteiger partial charge in [0, 0.05) is 18.8 Å². The summed E-state index contributed by atoms with van der Waals surface area (Å²) in [6.45, 7) is 2.90. The number of nitrogens with zero attached hydrogens (tertiary/aromatic N) is 1. The fraction of sp³-hybridized carbons (Fsp3) is 0.308. The van der Waals surface area contributed by atoms with Crippen LogP contribution in [0.15, 0.2) is 28.8 Å². The van der Waals surface area contributed by atoms with Crippen molar-refractivity contribution in [2.24, 2.45) is 0 Å². The minimum absolute atomic E-state index is 0.133. The summed E-state index contributed by atoms with van der Waals surface area (Å²) in [7, 11) is 0. The van der Waals surface area contributed by atoms with Crippen molar-refractivity contribution in [3.8, 4) is 0 Å². The van der Waals surface area contributed by atoms with Gasteiger partial charge in [-0.05, 0) is 30.7 Å². The number of hydrogen-bond acceptors (Lipinski definition) is 1. The van der Waals surface area contributed by atoms with E-state index in [0.29, 0.717) is 28.8 Å². The topological polar surface area (TPSA) is 32.3 Å². The fourth-order valence-corrected chi connectivity index (χ4v) is 1.94. The second-order valence-corrected chi connectivity index (χ2v) is 5.82. The first-order chi connectivity index (χ1) is 9.43. The van der Waals surface area contributed by atoms with E-state index >= 15 is 0 Å². The van der Waals surface area contributed by atoms with Crippen LogP contribution in [0.25, 0.3) is 0 Å². The van der Waals surface area contributed by atoms with E-state index in [9.17, 15) is 4.79 Å². The molecule has 0 saturated heterocycles. The Bertz CT molecular complexity index is 501. The van der Waals surface area contributed by atoms with Gasteiger partial charge in [0.05, 0.1) is 10.0 Å². The number of amides is 2. The number of nitrogens with one attached hydrogen (secondary N) is 1. The molecule has 0 saturated carbocycles. The summed E-state index contributed by atoms with van der Waals surface area (Å²) >= 11 is 22.8. The van der Waals surface area contributed by atoms with Crippen LogP contribution in [0.5, 0.6) is 0 Å². The largest absolute Gasteiger partial charge is 0.322 e. The summed E-state index contributed by atoms with van der Waals surface area (Å²) in [5.74, 6) is 0. The smallest absolute Gasteiger partial charge is 0.321 e. The summed E-state index contributed by atoms with van der Waals surface area (Å²) in [6, 6.07) is 4.65. The van der Waals surface area contributed by atoms with Crippen molar-refractivity contribution < 1.29 is 4.79 Å². The Morgan fingerprint density at radius 1 is 1.30 bits per heavy atom. The Balaban J connectivity index is 2.74. The van der Waals surface area contributed by atoms with Gasteiger partial charge in [-0.3, -0.25) is 0 Å². The number of carbonyl (C=O) groups excluding carboxylic acids is 1. The Morgan fingerprint density at radius 3 is 2.55 bits per heavy atom. The fourth-order valence-electron chi connectivity index (χ4n) is 1.50. The summed E-state index contributed by atoms with van der Waals surface area (Å²) in [6.07, 6.45) is 2.38. The van der Waals surface area contributed by atoms with Gasteiger partial charge in [-0.2, -0.15) is 0 Å². The Kier molecular flexibility index (Phi) is 7.52. The maximum atomic E-state index is 12.1. The molecule has 0 fully saturated rings. The first kappa shape index (κ1) is 17.4. The molecule has 0 radical (unpaired) electrons. The van der Waals surface area contributed by atoms with E-state index in [1.165, 1.54) is 0 Å². The monoisotopic (exact) mass is 354 g/mol. The highest BCUT2D eigenvalue weighted by Crippen LogP contribution is 2.25. The van der Waals surface area contributed by atoms with Crippen molar-refractivity contribution in [1.29, 1.82) is 0 Å². The molecule has 20 heavy (non-hydrogen) atoms. The zero-order chi connectivity index (χ0) is 15.1. The third kappa shape index (κ3) is 5.80. The summed E-state index contributed by atoms with van der Waals surface area (Å²) in [4.78, 5) is 13.7. The first-order valence-corrected chi connectivity index (χ1v) is 7.47. The van der Waals surface area contributed by atoms with Crippen molar-refractivity contribution >= 4 is 58.1 Å². The Labute approximate surface area is 138 Å². The minimum Gasteiger partial charge on any atom is -0.321 e. The second kappa shape index (κ2) is 8.63. The SMILES string of the molecule is CCCN(CC=C(Cl)Cl)C(=O)Nc1ccc(Cl)c(Cl)c1. The molecule has 0 unspecified atom stereocenters. The lowest BCUT2D eigenvalue weighted by atomic mass is 10.3. The van der Waals surface area contributed by atoms with Crippen molar-refractivity contribution in [1.82, 2.24) is 4.90 Å². The molecule has 0 aliphatic rings. The quantitative estimate of drug-likeness (QED) is 0.737. The van der Waals surface area contributed by atoms with Crippen LogP contribution in [-0.4, -0.2) is 24.0 Å². The number of carbonyl (C=O) groups is 1. The van der Waals surface area contributed by atoms with E-state index in [1.54, 1.807) is 29.2 Å². The van der Waals surface area contributed by atoms with Crippen LogP contribution in [-0.2, 0) is 0 Å². The number of hydrogen-bond donors (Lipinski definition) is 1. The molecule has 110 valence electrons. The Hall–Kier alpha value is -0.610. The van der Waals surface area contributed by atoms with Gasteiger partial charge >= 0.3 is 6.03 Å². The molecule has 2 amide bonds. The van der Waals surface area contributed by atoms with Gasteiger partial charge in [-0.25, -0.2) is 4.79 Å². The molecule has 0 bridgehead atoms. The molecule has 7 heteroatoms. The molecule has 0 atom stereocenters. The lowest BCUT2D eigenvalue weighted by Gasteiger charge is -2.21. The molecule has 0 aliphatic heterocycles. The summed E-state index contributed by atoms with van der Waals surface area (Å²) in [5.41, 5.74) is 0.575. The highest BCUT2D eigenvalue weighted by atomic mass is 35.5. The van der Waals surface area contributed by atoms with E-state index in [2.05, 4.69) is 5.32 Å². The second-order valence-electron chi connectivity index (χ2n) is 4.00. The van der Waals surface area contributed by atoms with Crippen LogP contribution in [0.3, 0.4) is 0 Å². The van der Waals surface area contributed by atoms with Crippen molar-refractivity contribution in [3.63, 3.8) is 0 Å². The van der Waals surface area contributed by atoms with Crippen molar-refractivity contribution in [3.05, 3.63) is 38.8 Å². The maximum absolute atomic E-state index is 12.1. The molecular formula is C13H14Cl4N2O. The lowest BCUT2D eigenvalue weighted by Crippen LogP contribution is -2.35. The molecule has 0 heterocycles. The van der Waals surface area contributed by atoms with Crippen LogP contribution in [0.4, 0.5) is 10.5 Å². The van der Waals surface area contributed by atoms with Gasteiger partial charge in [-0.15, -0.1) is 0 Å². The van der Waals surface area contributed by atoms with Crippen molar-refractivity contribution in [2.45, 2.75) is 13.3 Å². The highest BCUT2D eigenvalue weighted by Gasteiger charge is 2.12. The van der Waals surface area contributed by atoms with Crippen LogP contribution in [0, 0.1) is 0 Å². The zero-order valence-electron chi connectivity index (χ0n) is 10.8. The van der Waals surface area contributed by atoms with E-state index < -0.39 is 0 Å². The molecule has 0 aliphatic carbocycles. The van der Waals surface area contributed by atoms with E-state index in [4.69, 9.17) is 46.4 Å². The van der Waals surface area contributed by atoms with E-state index in [1.807, 2.05) is 6.92 Å². The van der Waals surface area contributed by atoms with Crippen molar-refractivity contribution in [2.75, 3.05) is 18.4 Å². The van der Waals surface area contributed by atoms with Gasteiger partial charge in [-0.1, -0.05) is 53.3 Å². The van der Waals surface area contributed by atoms with Gasteiger partial charge in [0.15, 0.2) is 0 Å². The van der Waals surface area contributed by atoms with Gasteiger partial charge in [0.1, 0.15) is 4.49 Å². The zero-order valence-corrected chi connectivity index (χ0v) is 13.8. The van der Waals surface area contributed by atoms with Gasteiger partial charge in [0.2, 0.25) is 0 Å². The Morgan fingerprint density at radius 2 is 2.00 bits per heavy atom. The number of rotatable bonds is 5. The minimum atomic E-state index is -0.254. The van der Waals surface area contributed by atoms with E-state index in [0.717, 1.165) is 6.42 Å². The average Bonchev–Trinajstić information content (AvgIpc) is 2.38. The third-order valence-electron chi connectivity index (χ3n) is 2.42.